The molecule has 0 aromatic heterocycles. The summed E-state index contributed by atoms with van der Waals surface area (Å²) in [6.07, 6.45) is 15.8. The summed E-state index contributed by atoms with van der Waals surface area (Å²) >= 11 is 0. The Bertz CT molecular complexity index is 856. The monoisotopic (exact) mass is 518 g/mol. The molecule has 0 spiro atoms. The second-order valence-corrected chi connectivity index (χ2v) is 11.3. The highest BCUT2D eigenvalue weighted by atomic mass is 16.4. The summed E-state index contributed by atoms with van der Waals surface area (Å²) in [6.45, 7) is 8.91. The minimum absolute atomic E-state index is 0.0666. The summed E-state index contributed by atoms with van der Waals surface area (Å²) in [5.41, 5.74) is 0.178. The molecule has 1 aromatic carbocycles. The van der Waals surface area contributed by atoms with Gasteiger partial charge in [-0.2, -0.15) is 0 Å². The average Bonchev–Trinajstić information content (AvgIpc) is 2.81. The Hall–Kier alpha value is -2.37. The molecule has 0 saturated carbocycles. The van der Waals surface area contributed by atoms with Gasteiger partial charge in [0.25, 0.3) is 0 Å². The number of benzene rings is 1. The number of carbonyl (C=O) groups is 3. The topological polar surface area (TPSA) is 112 Å². The van der Waals surface area contributed by atoms with Crippen LogP contribution in [0.25, 0.3) is 0 Å². The predicted molar refractivity (Wildman–Crippen MR) is 149 cm³/mol. The lowest BCUT2D eigenvalue weighted by molar-refractivity contribution is 0.0647. The number of unbranched alkanes of at least 4 members (excludes halogenated alkanes) is 10. The van der Waals surface area contributed by atoms with Gasteiger partial charge in [0, 0.05) is 0 Å². The first-order chi connectivity index (χ1) is 17.6. The lowest BCUT2D eigenvalue weighted by Crippen LogP contribution is -2.18. The van der Waals surface area contributed by atoms with Crippen molar-refractivity contribution >= 4 is 17.9 Å². The van der Waals surface area contributed by atoms with Gasteiger partial charge in [0.15, 0.2) is 0 Å². The maximum Gasteiger partial charge on any atom is 0.336 e. The minimum atomic E-state index is -1.40. The van der Waals surface area contributed by atoms with Gasteiger partial charge >= 0.3 is 17.9 Å². The Labute approximate surface area is 223 Å². The number of hydrogen-bond acceptors (Lipinski definition) is 3. The van der Waals surface area contributed by atoms with Gasteiger partial charge in [-0.1, -0.05) is 105 Å². The zero-order chi connectivity index (χ0) is 27.8. The molecular formula is C31H50O6. The second kappa shape index (κ2) is 18.0. The molecule has 0 saturated heterocycles. The number of aromatic carboxylic acids is 3. The van der Waals surface area contributed by atoms with Crippen LogP contribution in [0.3, 0.4) is 0 Å². The molecule has 0 aliphatic heterocycles. The Kier molecular flexibility index (Phi) is 15.9. The Morgan fingerprint density at radius 1 is 0.541 bits per heavy atom. The fourth-order valence-corrected chi connectivity index (χ4v) is 5.07. The van der Waals surface area contributed by atoms with Crippen LogP contribution >= 0.6 is 0 Å². The molecule has 0 radical (unpaired) electrons. The maximum atomic E-state index is 12.2. The number of rotatable bonds is 21. The number of carboxylic acid groups (broad SMARTS) is 3. The van der Waals surface area contributed by atoms with Crippen LogP contribution in [0.15, 0.2) is 6.07 Å². The average molecular weight is 519 g/mol. The molecule has 0 aliphatic carbocycles. The van der Waals surface area contributed by atoms with Crippen molar-refractivity contribution in [2.75, 3.05) is 0 Å². The van der Waals surface area contributed by atoms with E-state index in [1.54, 1.807) is 0 Å². The van der Waals surface area contributed by atoms with Gasteiger partial charge in [-0.3, -0.25) is 0 Å². The number of hydrogen-bond donors (Lipinski definition) is 3. The van der Waals surface area contributed by atoms with Crippen molar-refractivity contribution in [3.8, 4) is 0 Å². The highest BCUT2D eigenvalue weighted by Gasteiger charge is 2.27. The van der Waals surface area contributed by atoms with E-state index in [4.69, 9.17) is 0 Å². The smallest absolute Gasteiger partial charge is 0.336 e. The van der Waals surface area contributed by atoms with Crippen molar-refractivity contribution in [2.45, 2.75) is 130 Å². The SMILES string of the molecule is CC(C)CCCCCCCCc1c(C(=O)O)cc(C(=O)O)c(C(=O)O)c1CCCCCCCCC(C)C. The van der Waals surface area contributed by atoms with E-state index in [1.807, 2.05) is 0 Å². The van der Waals surface area contributed by atoms with Crippen LogP contribution in [0.1, 0.15) is 160 Å². The third kappa shape index (κ3) is 12.6. The van der Waals surface area contributed by atoms with Gasteiger partial charge < -0.3 is 15.3 Å². The van der Waals surface area contributed by atoms with Crippen molar-refractivity contribution in [2.24, 2.45) is 11.8 Å². The predicted octanol–water partition coefficient (Wildman–Crippen LogP) is 8.64. The second-order valence-electron chi connectivity index (χ2n) is 11.3. The Balaban J connectivity index is 2.93. The molecule has 0 atom stereocenters. The molecule has 0 unspecified atom stereocenters. The van der Waals surface area contributed by atoms with E-state index in [0.29, 0.717) is 29.9 Å². The maximum absolute atomic E-state index is 12.2. The van der Waals surface area contributed by atoms with Gasteiger partial charge in [-0.25, -0.2) is 14.4 Å². The lowest BCUT2D eigenvalue weighted by Gasteiger charge is -2.18. The zero-order valence-electron chi connectivity index (χ0n) is 23.6. The van der Waals surface area contributed by atoms with Gasteiger partial charge in [0.2, 0.25) is 0 Å². The molecule has 0 amide bonds. The van der Waals surface area contributed by atoms with Crippen molar-refractivity contribution in [3.05, 3.63) is 33.9 Å². The fraction of sp³-hybridized carbons (Fsp3) is 0.710. The lowest BCUT2D eigenvalue weighted by atomic mass is 9.85. The third-order valence-electron chi connectivity index (χ3n) is 7.14. The standard InChI is InChI=1S/C31H50O6/c1-22(2)17-13-9-5-7-11-15-19-24-25(20-16-12-8-6-10-14-18-23(3)4)28(31(36)37)27(30(34)35)21-26(24)29(32)33/h21-23H,5-20H2,1-4H3,(H,32,33)(H,34,35)(H,36,37). The quantitative estimate of drug-likeness (QED) is 0.140. The Morgan fingerprint density at radius 2 is 0.919 bits per heavy atom. The van der Waals surface area contributed by atoms with E-state index in [9.17, 15) is 29.7 Å². The minimum Gasteiger partial charge on any atom is -0.478 e. The third-order valence-corrected chi connectivity index (χ3v) is 7.14. The molecule has 6 heteroatoms. The van der Waals surface area contributed by atoms with Crippen molar-refractivity contribution in [1.29, 1.82) is 0 Å². The summed E-state index contributed by atoms with van der Waals surface area (Å²) in [6, 6.07) is 1.05. The van der Waals surface area contributed by atoms with Gasteiger partial charge in [-0.05, 0) is 54.7 Å². The summed E-state index contributed by atoms with van der Waals surface area (Å²) < 4.78 is 0. The highest BCUT2D eigenvalue weighted by molar-refractivity contribution is 6.05. The fourth-order valence-electron chi connectivity index (χ4n) is 5.07. The van der Waals surface area contributed by atoms with E-state index in [-0.39, 0.29) is 11.1 Å². The molecule has 0 fully saturated rings. The van der Waals surface area contributed by atoms with Gasteiger partial charge in [-0.15, -0.1) is 0 Å². The highest BCUT2D eigenvalue weighted by Crippen LogP contribution is 2.29. The van der Waals surface area contributed by atoms with E-state index < -0.39 is 23.5 Å². The first-order valence-electron chi connectivity index (χ1n) is 14.4. The van der Waals surface area contributed by atoms with Crippen molar-refractivity contribution in [3.63, 3.8) is 0 Å². The largest absolute Gasteiger partial charge is 0.478 e. The van der Waals surface area contributed by atoms with E-state index in [0.717, 1.165) is 63.4 Å². The van der Waals surface area contributed by atoms with Crippen molar-refractivity contribution in [1.82, 2.24) is 0 Å². The van der Waals surface area contributed by atoms with E-state index in [1.165, 1.54) is 38.5 Å². The van der Waals surface area contributed by atoms with Gasteiger partial charge in [0.1, 0.15) is 0 Å². The van der Waals surface area contributed by atoms with Gasteiger partial charge in [0.05, 0.1) is 16.7 Å². The number of carboxylic acids is 3. The van der Waals surface area contributed by atoms with Crippen LogP contribution in [-0.4, -0.2) is 33.2 Å². The molecule has 3 N–H and O–H groups in total. The Morgan fingerprint density at radius 3 is 1.30 bits per heavy atom. The normalized spacial score (nSPS) is 11.4. The summed E-state index contributed by atoms with van der Waals surface area (Å²) in [5, 5.41) is 29.4. The molecule has 0 aliphatic rings. The zero-order valence-corrected chi connectivity index (χ0v) is 23.6. The molecule has 210 valence electrons. The van der Waals surface area contributed by atoms with Crippen LogP contribution in [0.4, 0.5) is 0 Å². The molecule has 1 rings (SSSR count). The molecule has 0 bridgehead atoms. The molecule has 0 heterocycles. The van der Waals surface area contributed by atoms with E-state index >= 15 is 0 Å². The molecule has 1 aromatic rings. The van der Waals surface area contributed by atoms with Crippen LogP contribution in [0.2, 0.25) is 0 Å². The van der Waals surface area contributed by atoms with Crippen LogP contribution in [-0.2, 0) is 12.8 Å². The van der Waals surface area contributed by atoms with Crippen molar-refractivity contribution < 1.29 is 29.7 Å². The van der Waals surface area contributed by atoms with Crippen LogP contribution in [0, 0.1) is 11.8 Å². The van der Waals surface area contributed by atoms with Crippen LogP contribution in [0.5, 0.6) is 0 Å². The first kappa shape index (κ1) is 32.7. The summed E-state index contributed by atoms with van der Waals surface area (Å²) in [5.74, 6) is -2.48. The summed E-state index contributed by atoms with van der Waals surface area (Å²) in [4.78, 5) is 36.1. The molecule has 6 nitrogen and oxygen atoms in total. The van der Waals surface area contributed by atoms with Crippen LogP contribution < -0.4 is 0 Å². The first-order valence-corrected chi connectivity index (χ1v) is 14.4. The van der Waals surface area contributed by atoms with E-state index in [2.05, 4.69) is 27.7 Å². The molecule has 37 heavy (non-hydrogen) atoms. The summed E-state index contributed by atoms with van der Waals surface area (Å²) in [7, 11) is 0. The molecular weight excluding hydrogens is 468 g/mol.